The molecule has 1 aliphatic carbocycles. The molecule has 2 heterocycles. The van der Waals surface area contributed by atoms with Gasteiger partial charge in [-0.05, 0) is 127 Å². The maximum atomic E-state index is 2.39. The van der Waals surface area contributed by atoms with Crippen molar-refractivity contribution in [2.24, 2.45) is 7.05 Å². The van der Waals surface area contributed by atoms with E-state index < -0.39 is 0 Å². The van der Waals surface area contributed by atoms with Crippen LogP contribution in [0.15, 0.2) is 218 Å². The molecule has 0 atom stereocenters. The lowest BCUT2D eigenvalue weighted by molar-refractivity contribution is 1.00. The van der Waals surface area contributed by atoms with Crippen molar-refractivity contribution in [2.45, 2.75) is 12.8 Å². The molecule has 63 heavy (non-hydrogen) atoms. The molecule has 2 aromatic heterocycles. The van der Waals surface area contributed by atoms with Crippen LogP contribution in [0.4, 0.5) is 0 Å². The molecule has 0 radical (unpaired) electrons. The summed E-state index contributed by atoms with van der Waals surface area (Å²) in [7, 11) is 2.15. The number of rotatable bonds is 4. The zero-order valence-corrected chi connectivity index (χ0v) is 35.2. The van der Waals surface area contributed by atoms with Crippen molar-refractivity contribution in [3.8, 4) is 39.1 Å². The Balaban J connectivity index is 0.000000194. The smallest absolute Gasteiger partial charge is 0.0541 e. The van der Waals surface area contributed by atoms with Gasteiger partial charge in [-0.25, -0.2) is 0 Å². The number of benzene rings is 10. The molecule has 0 N–H and O–H groups in total. The molecule has 0 saturated heterocycles. The van der Waals surface area contributed by atoms with Gasteiger partial charge in [-0.3, -0.25) is 0 Å². The van der Waals surface area contributed by atoms with Gasteiger partial charge in [0.2, 0.25) is 0 Å². The molecular formula is C61H44N2. The molecule has 0 unspecified atom stereocenters. The van der Waals surface area contributed by atoms with E-state index >= 15 is 0 Å². The van der Waals surface area contributed by atoms with E-state index in [9.17, 15) is 0 Å². The molecule has 10 aromatic carbocycles. The van der Waals surface area contributed by atoms with Crippen molar-refractivity contribution in [3.05, 3.63) is 230 Å². The highest BCUT2D eigenvalue weighted by molar-refractivity contribution is 6.14. The quantitative estimate of drug-likeness (QED) is 0.157. The topological polar surface area (TPSA) is 9.86 Å². The second-order valence-electron chi connectivity index (χ2n) is 16.8. The number of hydrogen-bond acceptors (Lipinski definition) is 0. The molecule has 0 bridgehead atoms. The Morgan fingerprint density at radius 2 is 0.762 bits per heavy atom. The Hall–Kier alpha value is -7.94. The Morgan fingerprint density at radius 1 is 0.333 bits per heavy atom. The van der Waals surface area contributed by atoms with Crippen LogP contribution in [0.5, 0.6) is 0 Å². The van der Waals surface area contributed by atoms with Crippen molar-refractivity contribution in [2.75, 3.05) is 0 Å². The summed E-state index contributed by atoms with van der Waals surface area (Å²) in [5.74, 6) is 0. The lowest BCUT2D eigenvalue weighted by Crippen LogP contribution is -1.97. The maximum absolute atomic E-state index is 2.39. The fourth-order valence-corrected chi connectivity index (χ4v) is 10.2. The summed E-state index contributed by atoms with van der Waals surface area (Å²) < 4.78 is 4.68. The third-order valence-corrected chi connectivity index (χ3v) is 13.3. The molecule has 0 saturated carbocycles. The van der Waals surface area contributed by atoms with Gasteiger partial charge < -0.3 is 9.13 Å². The highest BCUT2D eigenvalue weighted by Gasteiger charge is 2.16. The Bertz CT molecular complexity index is 3710. The van der Waals surface area contributed by atoms with Crippen LogP contribution >= 0.6 is 0 Å². The first-order chi connectivity index (χ1) is 31.2. The van der Waals surface area contributed by atoms with Crippen LogP contribution in [0.25, 0.3) is 110 Å². The number of allylic oxidation sites excluding steroid dienone is 1. The van der Waals surface area contributed by atoms with Crippen LogP contribution in [0.2, 0.25) is 0 Å². The third kappa shape index (κ3) is 6.25. The Labute approximate surface area is 367 Å². The van der Waals surface area contributed by atoms with Gasteiger partial charge in [0.25, 0.3) is 0 Å². The minimum absolute atomic E-state index is 1.16. The normalized spacial score (nSPS) is 12.3. The summed E-state index contributed by atoms with van der Waals surface area (Å²) in [4.78, 5) is 0. The lowest BCUT2D eigenvalue weighted by Gasteiger charge is -2.17. The number of hydrogen-bond donors (Lipinski definition) is 0. The van der Waals surface area contributed by atoms with E-state index in [2.05, 4.69) is 241 Å². The summed E-state index contributed by atoms with van der Waals surface area (Å²) in [6, 6.07) is 77.1. The number of aromatic nitrogens is 2. The molecule has 298 valence electrons. The van der Waals surface area contributed by atoms with Gasteiger partial charge in [0.05, 0.1) is 11.0 Å². The van der Waals surface area contributed by atoms with Gasteiger partial charge in [-0.2, -0.15) is 0 Å². The average Bonchev–Trinajstić information content (AvgIpc) is 3.85. The van der Waals surface area contributed by atoms with Crippen LogP contribution in [-0.4, -0.2) is 9.13 Å². The van der Waals surface area contributed by atoms with E-state index in [1.807, 2.05) is 0 Å². The van der Waals surface area contributed by atoms with Gasteiger partial charge in [-0.15, -0.1) is 0 Å². The number of fused-ring (bicyclic) bond motifs is 12. The predicted octanol–water partition coefficient (Wildman–Crippen LogP) is 16.4. The fraction of sp³-hybridized carbons (Fsp3) is 0.0492. The highest BCUT2D eigenvalue weighted by atomic mass is 15.0. The van der Waals surface area contributed by atoms with Crippen molar-refractivity contribution in [1.82, 2.24) is 9.13 Å². The van der Waals surface area contributed by atoms with Crippen LogP contribution in [0.1, 0.15) is 17.5 Å². The van der Waals surface area contributed by atoms with Crippen LogP contribution < -0.4 is 0 Å². The summed E-state index contributed by atoms with van der Waals surface area (Å²) in [6.45, 7) is 0. The summed E-state index contributed by atoms with van der Waals surface area (Å²) >= 11 is 0. The van der Waals surface area contributed by atoms with E-state index in [4.69, 9.17) is 0 Å². The van der Waals surface area contributed by atoms with Crippen molar-refractivity contribution in [1.29, 1.82) is 0 Å². The molecule has 12 aromatic rings. The Kier molecular flexibility index (Phi) is 8.90. The van der Waals surface area contributed by atoms with E-state index in [1.54, 1.807) is 0 Å². The summed E-state index contributed by atoms with van der Waals surface area (Å²) in [5.41, 5.74) is 16.4. The van der Waals surface area contributed by atoms with E-state index in [0.29, 0.717) is 0 Å². The van der Waals surface area contributed by atoms with E-state index in [1.165, 1.54) is 110 Å². The van der Waals surface area contributed by atoms with Gasteiger partial charge in [0.1, 0.15) is 0 Å². The van der Waals surface area contributed by atoms with Gasteiger partial charge in [0, 0.05) is 45.3 Å². The first-order valence-electron chi connectivity index (χ1n) is 22.0. The minimum atomic E-state index is 1.16. The zero-order valence-electron chi connectivity index (χ0n) is 35.2. The van der Waals surface area contributed by atoms with Gasteiger partial charge in [-0.1, -0.05) is 176 Å². The largest absolute Gasteiger partial charge is 0.344 e. The molecule has 13 rings (SSSR count). The first kappa shape index (κ1) is 36.9. The van der Waals surface area contributed by atoms with E-state index in [-0.39, 0.29) is 0 Å². The highest BCUT2D eigenvalue weighted by Crippen LogP contribution is 2.39. The van der Waals surface area contributed by atoms with Gasteiger partial charge in [0.15, 0.2) is 0 Å². The third-order valence-electron chi connectivity index (χ3n) is 13.3. The zero-order chi connectivity index (χ0) is 41.9. The fourth-order valence-electron chi connectivity index (χ4n) is 10.2. The van der Waals surface area contributed by atoms with Crippen molar-refractivity contribution < 1.29 is 0 Å². The molecule has 0 aliphatic heterocycles. The maximum Gasteiger partial charge on any atom is 0.0541 e. The van der Waals surface area contributed by atoms with Crippen molar-refractivity contribution >= 4 is 71.2 Å². The van der Waals surface area contributed by atoms with Crippen LogP contribution in [-0.2, 0) is 13.5 Å². The molecule has 0 amide bonds. The number of nitrogens with zero attached hydrogens (tertiary/aromatic N) is 2. The van der Waals surface area contributed by atoms with E-state index in [0.717, 1.165) is 18.5 Å². The number of aryl methyl sites for hydroxylation is 2. The number of para-hydroxylation sites is 2. The lowest BCUT2D eigenvalue weighted by atomic mass is 9.87. The van der Waals surface area contributed by atoms with Gasteiger partial charge >= 0.3 is 0 Å². The first-order valence-corrected chi connectivity index (χ1v) is 22.0. The van der Waals surface area contributed by atoms with Crippen LogP contribution in [0, 0.1) is 0 Å². The minimum Gasteiger partial charge on any atom is -0.344 e. The standard InChI is InChI=1S/C43H30N2.C18H14/c1-44-40-13-7-5-11-36(40)38-27-33(21-25-41(38)44)34-22-26-43-39(28-34)37-12-6-8-14-42(37)45(43)35-23-19-32(20-24-35)31-17-15-30(16-18-31)29-9-3-2-4-10-29;1-2-8-14-13(7-1)15-9-3-4-11-17(15)18-12-6-5-10-16(14)18/h2-28H,1H3;1-5,7-11H,6,12H2. The molecule has 0 spiro atoms. The SMILES string of the molecule is C1=Cc2c(c3ccccc3c3ccccc23)CC1.Cn1c2ccccc2c2cc(-c3ccc4c(c3)c3ccccc3n4-c3ccc(-c4ccc(-c5ccccc5)cc4)cc3)ccc21. The molecule has 2 heteroatoms. The molecule has 0 fully saturated rings. The molecule has 1 aliphatic rings. The predicted molar refractivity (Wildman–Crippen MR) is 270 cm³/mol. The molecular weight excluding hydrogens is 761 g/mol. The molecule has 2 nitrogen and oxygen atoms in total. The summed E-state index contributed by atoms with van der Waals surface area (Å²) in [6.07, 6.45) is 6.92. The average molecular weight is 805 g/mol. The van der Waals surface area contributed by atoms with Crippen LogP contribution in [0.3, 0.4) is 0 Å². The van der Waals surface area contributed by atoms with Crippen molar-refractivity contribution in [3.63, 3.8) is 0 Å². The Morgan fingerprint density at radius 3 is 1.43 bits per heavy atom. The second kappa shape index (κ2) is 15.2. The second-order valence-corrected chi connectivity index (χ2v) is 16.8. The summed E-state index contributed by atoms with van der Waals surface area (Å²) in [5, 5.41) is 10.7. The monoisotopic (exact) mass is 804 g/mol.